The van der Waals surface area contributed by atoms with Crippen molar-refractivity contribution in [1.82, 2.24) is 5.32 Å². The average Bonchev–Trinajstić information content (AvgIpc) is 2.72. The van der Waals surface area contributed by atoms with Crippen molar-refractivity contribution in [3.63, 3.8) is 0 Å². The van der Waals surface area contributed by atoms with Crippen LogP contribution in [0.5, 0.6) is 0 Å². The van der Waals surface area contributed by atoms with Crippen LogP contribution in [0.1, 0.15) is 24.8 Å². The molecule has 2 atom stereocenters. The van der Waals surface area contributed by atoms with Crippen molar-refractivity contribution in [2.75, 3.05) is 0 Å². The zero-order valence-electron chi connectivity index (χ0n) is 7.57. The number of aliphatic hydroxyl groups excluding tert-OH is 1. The fraction of sp³-hybridized carbons (Fsp3) is 0.600. The van der Waals surface area contributed by atoms with Crippen molar-refractivity contribution in [3.8, 4) is 0 Å². The Morgan fingerprint density at radius 3 is 3.08 bits per heavy atom. The lowest BCUT2D eigenvalue weighted by molar-refractivity contribution is 0.148. The Bertz CT molecular complexity index is 245. The summed E-state index contributed by atoms with van der Waals surface area (Å²) in [5, 5.41) is 12.9. The second-order valence-corrected chi connectivity index (χ2v) is 3.62. The Labute approximate surface area is 77.8 Å². The molecule has 0 aromatic carbocycles. The van der Waals surface area contributed by atoms with Crippen LogP contribution in [0.2, 0.25) is 0 Å². The number of furan rings is 1. The topological polar surface area (TPSA) is 45.4 Å². The van der Waals surface area contributed by atoms with Crippen LogP contribution in [0, 0.1) is 0 Å². The standard InChI is InChI=1S/C10H15NO2/c12-10-3-1-2-9(10)11-6-8-4-5-13-7-8/h4-5,7,9-12H,1-3,6H2. The van der Waals surface area contributed by atoms with Crippen LogP contribution in [0.15, 0.2) is 23.0 Å². The molecule has 1 aliphatic rings. The Kier molecular flexibility index (Phi) is 2.66. The molecule has 72 valence electrons. The highest BCUT2D eigenvalue weighted by atomic mass is 16.3. The second-order valence-electron chi connectivity index (χ2n) is 3.62. The van der Waals surface area contributed by atoms with E-state index >= 15 is 0 Å². The maximum atomic E-state index is 9.53. The minimum Gasteiger partial charge on any atom is -0.472 e. The molecule has 2 rings (SSSR count). The van der Waals surface area contributed by atoms with Crippen LogP contribution in [0.25, 0.3) is 0 Å². The predicted octanol–water partition coefficient (Wildman–Crippen LogP) is 1.28. The van der Waals surface area contributed by atoms with Crippen molar-refractivity contribution >= 4 is 0 Å². The summed E-state index contributed by atoms with van der Waals surface area (Å²) in [6.07, 6.45) is 6.38. The van der Waals surface area contributed by atoms with Gasteiger partial charge in [-0.1, -0.05) is 0 Å². The minimum atomic E-state index is -0.160. The van der Waals surface area contributed by atoms with E-state index in [0.717, 1.165) is 31.4 Å². The van der Waals surface area contributed by atoms with Crippen LogP contribution in [-0.2, 0) is 6.54 Å². The molecular formula is C10H15NO2. The summed E-state index contributed by atoms with van der Waals surface area (Å²) in [6, 6.07) is 2.21. The molecule has 0 saturated heterocycles. The highest BCUT2D eigenvalue weighted by Crippen LogP contribution is 2.19. The van der Waals surface area contributed by atoms with E-state index < -0.39 is 0 Å². The van der Waals surface area contributed by atoms with E-state index in [1.54, 1.807) is 12.5 Å². The van der Waals surface area contributed by atoms with Crippen molar-refractivity contribution < 1.29 is 9.52 Å². The molecule has 0 bridgehead atoms. The third kappa shape index (κ3) is 2.11. The highest BCUT2D eigenvalue weighted by molar-refractivity contribution is 5.05. The number of aliphatic hydroxyl groups is 1. The normalized spacial score (nSPS) is 28.1. The largest absolute Gasteiger partial charge is 0.472 e. The molecule has 0 spiro atoms. The van der Waals surface area contributed by atoms with Crippen molar-refractivity contribution in [3.05, 3.63) is 24.2 Å². The third-order valence-electron chi connectivity index (χ3n) is 2.63. The monoisotopic (exact) mass is 181 g/mol. The van der Waals surface area contributed by atoms with Crippen molar-refractivity contribution in [1.29, 1.82) is 0 Å². The van der Waals surface area contributed by atoms with Gasteiger partial charge in [-0.05, 0) is 25.3 Å². The van der Waals surface area contributed by atoms with E-state index in [9.17, 15) is 5.11 Å². The van der Waals surface area contributed by atoms with Crippen LogP contribution >= 0.6 is 0 Å². The SMILES string of the molecule is OC1CCCC1NCc1ccoc1. The number of rotatable bonds is 3. The first-order valence-corrected chi connectivity index (χ1v) is 4.79. The van der Waals surface area contributed by atoms with Gasteiger partial charge in [-0.25, -0.2) is 0 Å². The molecule has 0 radical (unpaired) electrons. The Morgan fingerprint density at radius 1 is 1.54 bits per heavy atom. The summed E-state index contributed by atoms with van der Waals surface area (Å²) in [6.45, 7) is 0.790. The van der Waals surface area contributed by atoms with Crippen LogP contribution < -0.4 is 5.32 Å². The van der Waals surface area contributed by atoms with Crippen molar-refractivity contribution in [2.45, 2.75) is 38.0 Å². The third-order valence-corrected chi connectivity index (χ3v) is 2.63. The molecule has 1 fully saturated rings. The molecule has 0 amide bonds. The molecule has 1 saturated carbocycles. The van der Waals surface area contributed by atoms with Gasteiger partial charge >= 0.3 is 0 Å². The van der Waals surface area contributed by atoms with Gasteiger partial charge < -0.3 is 14.8 Å². The molecule has 3 nitrogen and oxygen atoms in total. The summed E-state index contributed by atoms with van der Waals surface area (Å²) in [5.74, 6) is 0. The van der Waals surface area contributed by atoms with Crippen molar-refractivity contribution in [2.24, 2.45) is 0 Å². The quantitative estimate of drug-likeness (QED) is 0.738. The minimum absolute atomic E-state index is 0.160. The summed E-state index contributed by atoms with van der Waals surface area (Å²) in [7, 11) is 0. The zero-order chi connectivity index (χ0) is 9.10. The van der Waals surface area contributed by atoms with Gasteiger partial charge in [0, 0.05) is 18.2 Å². The highest BCUT2D eigenvalue weighted by Gasteiger charge is 2.24. The van der Waals surface area contributed by atoms with E-state index in [0.29, 0.717) is 0 Å². The van der Waals surface area contributed by atoms with E-state index in [-0.39, 0.29) is 12.1 Å². The first kappa shape index (κ1) is 8.78. The average molecular weight is 181 g/mol. The van der Waals surface area contributed by atoms with Gasteiger partial charge in [0.25, 0.3) is 0 Å². The van der Waals surface area contributed by atoms with Gasteiger partial charge in [0.2, 0.25) is 0 Å². The maximum Gasteiger partial charge on any atom is 0.0947 e. The molecule has 13 heavy (non-hydrogen) atoms. The Balaban J connectivity index is 1.79. The molecule has 3 heteroatoms. The molecule has 1 heterocycles. The fourth-order valence-corrected chi connectivity index (χ4v) is 1.82. The van der Waals surface area contributed by atoms with Gasteiger partial charge in [-0.3, -0.25) is 0 Å². The van der Waals surface area contributed by atoms with E-state index in [1.807, 2.05) is 6.07 Å². The van der Waals surface area contributed by atoms with Gasteiger partial charge in [0.1, 0.15) is 0 Å². The van der Waals surface area contributed by atoms with Crippen LogP contribution in [0.4, 0.5) is 0 Å². The summed E-state index contributed by atoms with van der Waals surface area (Å²) in [5.41, 5.74) is 1.14. The summed E-state index contributed by atoms with van der Waals surface area (Å²) in [4.78, 5) is 0. The van der Waals surface area contributed by atoms with Gasteiger partial charge in [-0.15, -0.1) is 0 Å². The van der Waals surface area contributed by atoms with Gasteiger partial charge in [0.15, 0.2) is 0 Å². The Morgan fingerprint density at radius 2 is 2.46 bits per heavy atom. The lowest BCUT2D eigenvalue weighted by Gasteiger charge is -2.15. The fourth-order valence-electron chi connectivity index (χ4n) is 1.82. The van der Waals surface area contributed by atoms with E-state index in [4.69, 9.17) is 4.42 Å². The second kappa shape index (κ2) is 3.94. The molecule has 2 N–H and O–H groups in total. The first-order valence-electron chi connectivity index (χ1n) is 4.79. The summed E-state index contributed by atoms with van der Waals surface area (Å²) >= 11 is 0. The molecule has 1 aromatic rings. The Hall–Kier alpha value is -0.800. The van der Waals surface area contributed by atoms with E-state index in [2.05, 4.69) is 5.32 Å². The first-order chi connectivity index (χ1) is 6.36. The molecule has 1 aromatic heterocycles. The lowest BCUT2D eigenvalue weighted by Crippen LogP contribution is -2.34. The van der Waals surface area contributed by atoms with Gasteiger partial charge in [-0.2, -0.15) is 0 Å². The molecule has 0 aliphatic heterocycles. The number of hydrogen-bond acceptors (Lipinski definition) is 3. The van der Waals surface area contributed by atoms with Crippen LogP contribution in [-0.4, -0.2) is 17.3 Å². The van der Waals surface area contributed by atoms with E-state index in [1.165, 1.54) is 0 Å². The predicted molar refractivity (Wildman–Crippen MR) is 49.2 cm³/mol. The molecule has 2 unspecified atom stereocenters. The molecule has 1 aliphatic carbocycles. The molecular weight excluding hydrogens is 166 g/mol. The van der Waals surface area contributed by atoms with Gasteiger partial charge in [0.05, 0.1) is 18.6 Å². The zero-order valence-corrected chi connectivity index (χ0v) is 7.57. The lowest BCUT2D eigenvalue weighted by atomic mass is 10.2. The van der Waals surface area contributed by atoms with Crippen LogP contribution in [0.3, 0.4) is 0 Å². The smallest absolute Gasteiger partial charge is 0.0947 e. The number of nitrogens with one attached hydrogen (secondary N) is 1. The maximum absolute atomic E-state index is 9.53. The summed E-state index contributed by atoms with van der Waals surface area (Å²) < 4.78 is 4.95. The number of hydrogen-bond donors (Lipinski definition) is 2.